The molecule has 0 N–H and O–H groups in total. The number of carbonyl (C=O) groups is 1. The normalized spacial score (nSPS) is 10.7. The second kappa shape index (κ2) is 6.66. The van der Waals surface area contributed by atoms with Crippen LogP contribution < -0.4 is 10.5 Å². The van der Waals surface area contributed by atoms with E-state index in [4.69, 9.17) is 0 Å². The largest absolute Gasteiger partial charge is 0.464 e. The molecular formula is C15H16N4O3. The Morgan fingerprint density at radius 2 is 2.00 bits per heavy atom. The third-order valence-electron chi connectivity index (χ3n) is 2.80. The summed E-state index contributed by atoms with van der Waals surface area (Å²) in [6.07, 6.45) is 1.55. The van der Waals surface area contributed by atoms with Crippen LogP contribution in [0.1, 0.15) is 16.1 Å². The number of methoxy groups -OCH3 is 1. The first-order valence-electron chi connectivity index (χ1n) is 6.52. The first-order chi connectivity index (χ1) is 10.5. The molecule has 0 unspecified atom stereocenters. The van der Waals surface area contributed by atoms with Crippen LogP contribution in [-0.2, 0) is 4.74 Å². The van der Waals surface area contributed by atoms with Crippen LogP contribution in [0.3, 0.4) is 0 Å². The summed E-state index contributed by atoms with van der Waals surface area (Å²) in [5.41, 5.74) is 0.324. The molecule has 1 aromatic heterocycles. The lowest BCUT2D eigenvalue weighted by molar-refractivity contribution is 0.0593. The maximum Gasteiger partial charge on any atom is 0.357 e. The van der Waals surface area contributed by atoms with Gasteiger partial charge in [0.15, 0.2) is 5.69 Å². The number of anilines is 1. The van der Waals surface area contributed by atoms with Gasteiger partial charge in [0.25, 0.3) is 5.56 Å². The van der Waals surface area contributed by atoms with Gasteiger partial charge in [-0.25, -0.2) is 9.78 Å². The maximum atomic E-state index is 12.2. The highest BCUT2D eigenvalue weighted by molar-refractivity contribution is 5.87. The molecule has 2 aromatic rings. The van der Waals surface area contributed by atoms with Crippen molar-refractivity contribution in [3.05, 3.63) is 58.0 Å². The fourth-order valence-corrected chi connectivity index (χ4v) is 1.73. The molecule has 1 aromatic carbocycles. The van der Waals surface area contributed by atoms with Crippen LogP contribution in [0.15, 0.2) is 46.3 Å². The summed E-state index contributed by atoms with van der Waals surface area (Å²) >= 11 is 0. The molecule has 0 fully saturated rings. The van der Waals surface area contributed by atoms with Crippen molar-refractivity contribution < 1.29 is 9.53 Å². The fraction of sp³-hybridized carbons (Fsp3) is 0.200. The standard InChI is InChI=1S/C15H16N4O3/c1-18(2)15-17-12(14(21)22-3)9-13(20)19(15)16-10-11-7-5-4-6-8-11/h4-10H,1-3H3/b16-10+. The molecule has 0 saturated carbocycles. The van der Waals surface area contributed by atoms with Crippen molar-refractivity contribution in [1.82, 2.24) is 9.66 Å². The first-order valence-corrected chi connectivity index (χ1v) is 6.52. The average molecular weight is 300 g/mol. The molecule has 0 atom stereocenters. The zero-order valence-corrected chi connectivity index (χ0v) is 12.6. The quantitative estimate of drug-likeness (QED) is 0.621. The predicted molar refractivity (Wildman–Crippen MR) is 83.6 cm³/mol. The topological polar surface area (TPSA) is 76.8 Å². The Kier molecular flexibility index (Phi) is 4.67. The van der Waals surface area contributed by atoms with Gasteiger partial charge in [0.1, 0.15) is 0 Å². The van der Waals surface area contributed by atoms with Crippen LogP contribution in [0.2, 0.25) is 0 Å². The Hall–Kier alpha value is -2.96. The van der Waals surface area contributed by atoms with Gasteiger partial charge in [-0.1, -0.05) is 30.3 Å². The van der Waals surface area contributed by atoms with Crippen molar-refractivity contribution in [3.8, 4) is 0 Å². The molecule has 7 heteroatoms. The molecule has 0 aliphatic carbocycles. The zero-order chi connectivity index (χ0) is 16.1. The van der Waals surface area contributed by atoms with Crippen molar-refractivity contribution in [2.75, 3.05) is 26.1 Å². The monoisotopic (exact) mass is 300 g/mol. The molecule has 1 heterocycles. The van der Waals surface area contributed by atoms with Crippen molar-refractivity contribution in [2.24, 2.45) is 5.10 Å². The van der Waals surface area contributed by atoms with Crippen molar-refractivity contribution in [2.45, 2.75) is 0 Å². The minimum absolute atomic E-state index is 0.0534. The molecule has 0 aliphatic heterocycles. The van der Waals surface area contributed by atoms with Gasteiger partial charge in [0.2, 0.25) is 5.95 Å². The SMILES string of the molecule is COC(=O)c1cc(=O)n(/N=C/c2ccccc2)c(N(C)C)n1. The highest BCUT2D eigenvalue weighted by Gasteiger charge is 2.15. The molecule has 0 bridgehead atoms. The Morgan fingerprint density at radius 3 is 2.59 bits per heavy atom. The lowest BCUT2D eigenvalue weighted by atomic mass is 10.2. The molecule has 7 nitrogen and oxygen atoms in total. The highest BCUT2D eigenvalue weighted by Crippen LogP contribution is 2.07. The summed E-state index contributed by atoms with van der Waals surface area (Å²) < 4.78 is 5.71. The number of aromatic nitrogens is 2. The third-order valence-corrected chi connectivity index (χ3v) is 2.80. The molecule has 0 saturated heterocycles. The van der Waals surface area contributed by atoms with Crippen LogP contribution in [-0.4, -0.2) is 43.0 Å². The van der Waals surface area contributed by atoms with Crippen LogP contribution in [0.25, 0.3) is 0 Å². The van der Waals surface area contributed by atoms with E-state index in [9.17, 15) is 9.59 Å². The number of hydrogen-bond donors (Lipinski definition) is 0. The van der Waals surface area contributed by atoms with E-state index >= 15 is 0 Å². The van der Waals surface area contributed by atoms with Gasteiger partial charge in [-0.2, -0.15) is 9.78 Å². The number of carbonyl (C=O) groups excluding carboxylic acids is 1. The van der Waals surface area contributed by atoms with Gasteiger partial charge in [0, 0.05) is 20.2 Å². The van der Waals surface area contributed by atoms with Crippen LogP contribution >= 0.6 is 0 Å². The van der Waals surface area contributed by atoms with Crippen molar-refractivity contribution in [1.29, 1.82) is 0 Å². The van der Waals surface area contributed by atoms with Crippen LogP contribution in [0.4, 0.5) is 5.95 Å². The van der Waals surface area contributed by atoms with E-state index in [2.05, 4.69) is 14.8 Å². The number of benzene rings is 1. The molecule has 0 spiro atoms. The molecule has 22 heavy (non-hydrogen) atoms. The van der Waals surface area contributed by atoms with E-state index in [-0.39, 0.29) is 11.6 Å². The highest BCUT2D eigenvalue weighted by atomic mass is 16.5. The number of ether oxygens (including phenoxy) is 1. The molecule has 2 rings (SSSR count). The van der Waals surface area contributed by atoms with E-state index in [1.54, 1.807) is 25.2 Å². The molecule has 0 aliphatic rings. The zero-order valence-electron chi connectivity index (χ0n) is 12.6. The average Bonchev–Trinajstić information content (AvgIpc) is 2.53. The van der Waals surface area contributed by atoms with Crippen molar-refractivity contribution in [3.63, 3.8) is 0 Å². The summed E-state index contributed by atoms with van der Waals surface area (Å²) in [5.74, 6) is -0.431. The second-order valence-corrected chi connectivity index (χ2v) is 4.63. The predicted octanol–water partition coefficient (Wildman–Crippen LogP) is 0.978. The second-order valence-electron chi connectivity index (χ2n) is 4.63. The van der Waals surface area contributed by atoms with Gasteiger partial charge in [-0.3, -0.25) is 4.79 Å². The summed E-state index contributed by atoms with van der Waals surface area (Å²) in [6, 6.07) is 10.5. The molecular weight excluding hydrogens is 284 g/mol. The Labute approximate surface area is 127 Å². The van der Waals surface area contributed by atoms with E-state index < -0.39 is 11.5 Å². The van der Waals surface area contributed by atoms with Gasteiger partial charge >= 0.3 is 5.97 Å². The minimum atomic E-state index is -0.667. The van der Waals surface area contributed by atoms with Gasteiger partial charge in [-0.15, -0.1) is 0 Å². The Balaban J connectivity index is 2.49. The molecule has 0 radical (unpaired) electrons. The fourth-order valence-electron chi connectivity index (χ4n) is 1.73. The lowest BCUT2D eigenvalue weighted by Crippen LogP contribution is -2.27. The van der Waals surface area contributed by atoms with E-state index in [1.165, 1.54) is 7.11 Å². The molecule has 0 amide bonds. The molecule has 114 valence electrons. The lowest BCUT2D eigenvalue weighted by Gasteiger charge is -2.15. The smallest absolute Gasteiger partial charge is 0.357 e. The van der Waals surface area contributed by atoms with E-state index in [0.29, 0.717) is 0 Å². The number of hydrogen-bond acceptors (Lipinski definition) is 6. The van der Waals surface area contributed by atoms with Crippen LogP contribution in [0, 0.1) is 0 Å². The number of rotatable bonds is 4. The summed E-state index contributed by atoms with van der Waals surface area (Å²) in [6.45, 7) is 0. The minimum Gasteiger partial charge on any atom is -0.464 e. The van der Waals surface area contributed by atoms with E-state index in [1.807, 2.05) is 30.3 Å². The van der Waals surface area contributed by atoms with Gasteiger partial charge in [0.05, 0.1) is 13.3 Å². The first kappa shape index (κ1) is 15.4. The third kappa shape index (κ3) is 3.38. The maximum absolute atomic E-state index is 12.2. The number of esters is 1. The number of nitrogens with zero attached hydrogens (tertiary/aromatic N) is 4. The summed E-state index contributed by atoms with van der Waals surface area (Å²) in [5, 5.41) is 4.15. The summed E-state index contributed by atoms with van der Waals surface area (Å²) in [4.78, 5) is 29.4. The van der Waals surface area contributed by atoms with Gasteiger partial charge < -0.3 is 9.64 Å². The van der Waals surface area contributed by atoms with E-state index in [0.717, 1.165) is 16.3 Å². The summed E-state index contributed by atoms with van der Waals surface area (Å²) in [7, 11) is 4.65. The Bertz CT molecular complexity index is 751. The van der Waals surface area contributed by atoms with Crippen LogP contribution in [0.5, 0.6) is 0 Å². The van der Waals surface area contributed by atoms with Gasteiger partial charge in [-0.05, 0) is 5.56 Å². The Morgan fingerprint density at radius 1 is 1.32 bits per heavy atom. The van der Waals surface area contributed by atoms with Crippen molar-refractivity contribution >= 4 is 18.1 Å².